The lowest BCUT2D eigenvalue weighted by Crippen LogP contribution is -2.57. The highest BCUT2D eigenvalue weighted by atomic mass is 35.5. The lowest BCUT2D eigenvalue weighted by molar-refractivity contribution is -0.211. The van der Waals surface area contributed by atoms with Crippen LogP contribution in [0.2, 0.25) is 5.02 Å². The summed E-state index contributed by atoms with van der Waals surface area (Å²) in [5.41, 5.74) is 2.44. The molecule has 0 radical (unpaired) electrons. The van der Waals surface area contributed by atoms with Crippen molar-refractivity contribution >= 4 is 39.1 Å². The van der Waals surface area contributed by atoms with Gasteiger partial charge in [-0.2, -0.15) is 13.2 Å². The molecule has 0 aromatic heterocycles. The summed E-state index contributed by atoms with van der Waals surface area (Å²) in [6, 6.07) is 7.20. The van der Waals surface area contributed by atoms with Crippen molar-refractivity contribution in [2.24, 2.45) is 5.92 Å². The molecule has 1 spiro atoms. The van der Waals surface area contributed by atoms with Crippen molar-refractivity contribution in [1.82, 2.24) is 19.4 Å². The third-order valence-corrected chi connectivity index (χ3v) is 15.1. The Morgan fingerprint density at radius 3 is 2.69 bits per heavy atom. The predicted molar refractivity (Wildman–Crippen MR) is 212 cm³/mol. The average Bonchev–Trinajstić information content (AvgIpc) is 3.57. The molecular weight excluding hydrogens is 802 g/mol. The number of fused-ring (bicyclic) bond motifs is 4. The van der Waals surface area contributed by atoms with Crippen LogP contribution in [0.4, 0.5) is 23.2 Å². The van der Waals surface area contributed by atoms with Gasteiger partial charge in [-0.15, -0.1) is 0 Å². The summed E-state index contributed by atoms with van der Waals surface area (Å²) < 4.78 is 99.5. The molecule has 318 valence electrons. The molecule has 2 aromatic carbocycles. The molecule has 1 unspecified atom stereocenters. The molecule has 7 rings (SSSR count). The van der Waals surface area contributed by atoms with Gasteiger partial charge in [0.15, 0.2) is 0 Å². The third-order valence-electron chi connectivity index (χ3n) is 12.9. The number of carbonyl (C=O) groups excluding carboxylic acids is 2. The topological polar surface area (TPSA) is 112 Å². The van der Waals surface area contributed by atoms with E-state index in [4.69, 9.17) is 21.1 Å². The zero-order valence-electron chi connectivity index (χ0n) is 33.1. The normalized spacial score (nSPS) is 30.6. The standard InChI is InChI=1S/C41H52ClF4N5O6S/c1-26-8-12-33(43)37(39(53)48(3)16-17-49-18-19-56-23-36(49)41(44,45)46)51-15-5-7-31(51)22-50-24-40(14-4-6-28-20-30(42)10-11-32(28)40)25-57-35-13-9-29(21-34(35)50)38(52)47-58(54,55)27(26)2/h9-13,20-21,26-27,31,36-37H,4-8,14-19,22-25H2,1-3H3,(H,47,52)/b33-12-/t26-,27+,31-,36?,37+,40-/m0/s1. The van der Waals surface area contributed by atoms with Gasteiger partial charge < -0.3 is 19.3 Å². The van der Waals surface area contributed by atoms with E-state index >= 15 is 4.39 Å². The van der Waals surface area contributed by atoms with Gasteiger partial charge in [0.2, 0.25) is 15.9 Å². The van der Waals surface area contributed by atoms with Crippen molar-refractivity contribution in [2.45, 2.75) is 87.3 Å². The van der Waals surface area contributed by atoms with Crippen molar-refractivity contribution in [3.63, 3.8) is 0 Å². The van der Waals surface area contributed by atoms with Crippen LogP contribution < -0.4 is 14.4 Å². The van der Waals surface area contributed by atoms with Crippen LogP contribution in [-0.2, 0) is 31.4 Å². The first kappa shape index (κ1) is 42.7. The fraction of sp³-hybridized carbons (Fsp3) is 0.610. The van der Waals surface area contributed by atoms with E-state index in [1.54, 1.807) is 25.1 Å². The number of likely N-dealkylation sites (N-methyl/N-ethyl adjacent to an activating group) is 1. The van der Waals surface area contributed by atoms with Crippen LogP contribution in [0.1, 0.15) is 67.4 Å². The third kappa shape index (κ3) is 8.72. The minimum atomic E-state index is -4.52. The SMILES string of the molecule is C[C@@H]1[C@@H](C)C/C=C(\F)[C@H](C(=O)N(C)CCN2CCOCC2C(F)(F)F)N2CCC[C@H]2CN2C[C@@]3(CCCc4cc(Cl)ccc43)COc3ccc(cc32)C(=O)NS1(=O)=O. The lowest BCUT2D eigenvalue weighted by Gasteiger charge is -2.42. The molecule has 2 amide bonds. The van der Waals surface area contributed by atoms with Crippen molar-refractivity contribution in [3.8, 4) is 5.75 Å². The highest BCUT2D eigenvalue weighted by molar-refractivity contribution is 7.90. The Bertz CT molecular complexity index is 2020. The quantitative estimate of drug-likeness (QED) is 0.387. The van der Waals surface area contributed by atoms with Crippen molar-refractivity contribution in [2.75, 3.05) is 71.0 Å². The molecular formula is C41H52ClF4N5O6S. The number of alkyl halides is 3. The van der Waals surface area contributed by atoms with Gasteiger partial charge in [-0.1, -0.05) is 30.7 Å². The molecule has 1 aliphatic carbocycles. The average molecular weight is 854 g/mol. The Morgan fingerprint density at radius 2 is 1.91 bits per heavy atom. The van der Waals surface area contributed by atoms with Gasteiger partial charge in [0.05, 0.1) is 30.8 Å². The number of benzene rings is 2. The van der Waals surface area contributed by atoms with Crippen LogP contribution >= 0.6 is 11.6 Å². The molecule has 11 nitrogen and oxygen atoms in total. The Balaban J connectivity index is 1.27. The largest absolute Gasteiger partial charge is 0.490 e. The van der Waals surface area contributed by atoms with Crippen LogP contribution in [0.25, 0.3) is 0 Å². The summed E-state index contributed by atoms with van der Waals surface area (Å²) >= 11 is 6.44. The molecule has 5 aliphatic rings. The van der Waals surface area contributed by atoms with Gasteiger partial charge in [-0.05, 0) is 99.4 Å². The Labute approximate surface area is 342 Å². The maximum absolute atomic E-state index is 16.9. The minimum Gasteiger partial charge on any atom is -0.490 e. The number of carbonyl (C=O) groups is 2. The van der Waals surface area contributed by atoms with Crippen molar-refractivity contribution in [1.29, 1.82) is 0 Å². The maximum atomic E-state index is 16.9. The number of sulfonamides is 1. The fourth-order valence-corrected chi connectivity index (χ4v) is 10.8. The summed E-state index contributed by atoms with van der Waals surface area (Å²) in [6.07, 6.45) is 0.485. The summed E-state index contributed by atoms with van der Waals surface area (Å²) in [4.78, 5) is 34.6. The first-order valence-corrected chi connectivity index (χ1v) is 22.0. The van der Waals surface area contributed by atoms with E-state index in [0.29, 0.717) is 55.5 Å². The molecule has 4 heterocycles. The molecule has 2 fully saturated rings. The maximum Gasteiger partial charge on any atom is 0.406 e. The molecule has 2 saturated heterocycles. The number of halogens is 5. The number of rotatable bonds is 4. The van der Waals surface area contributed by atoms with Crippen LogP contribution in [0, 0.1) is 5.92 Å². The zero-order chi connectivity index (χ0) is 41.6. The van der Waals surface area contributed by atoms with Gasteiger partial charge in [0.1, 0.15) is 23.7 Å². The molecule has 2 bridgehead atoms. The van der Waals surface area contributed by atoms with Crippen molar-refractivity contribution in [3.05, 3.63) is 70.0 Å². The first-order chi connectivity index (χ1) is 27.5. The van der Waals surface area contributed by atoms with Gasteiger partial charge >= 0.3 is 6.18 Å². The molecule has 58 heavy (non-hydrogen) atoms. The number of nitrogens with one attached hydrogen (secondary N) is 1. The van der Waals surface area contributed by atoms with Crippen LogP contribution in [-0.4, -0.2) is 131 Å². The van der Waals surface area contributed by atoms with E-state index in [-0.39, 0.29) is 44.3 Å². The molecule has 6 atom stereocenters. The Morgan fingerprint density at radius 1 is 1.12 bits per heavy atom. The van der Waals surface area contributed by atoms with Gasteiger partial charge in [0.25, 0.3) is 5.91 Å². The summed E-state index contributed by atoms with van der Waals surface area (Å²) in [7, 11) is -2.76. The monoisotopic (exact) mass is 853 g/mol. The second kappa shape index (κ2) is 16.9. The van der Waals surface area contributed by atoms with Crippen LogP contribution in [0.3, 0.4) is 0 Å². The van der Waals surface area contributed by atoms with Gasteiger partial charge in [-0.25, -0.2) is 17.5 Å². The van der Waals surface area contributed by atoms with Crippen LogP contribution in [0.5, 0.6) is 5.75 Å². The van der Waals surface area contributed by atoms with E-state index in [0.717, 1.165) is 30.4 Å². The van der Waals surface area contributed by atoms with Gasteiger partial charge in [0, 0.05) is 61.8 Å². The molecule has 1 N–H and O–H groups in total. The zero-order valence-corrected chi connectivity index (χ0v) is 34.6. The highest BCUT2D eigenvalue weighted by Gasteiger charge is 2.47. The first-order valence-electron chi connectivity index (χ1n) is 20.1. The van der Waals surface area contributed by atoms with E-state index in [9.17, 15) is 31.2 Å². The summed E-state index contributed by atoms with van der Waals surface area (Å²) in [5, 5.41) is -0.476. The number of anilines is 1. The number of allylic oxidation sites excluding steroid dienone is 1. The number of hydrogen-bond donors (Lipinski definition) is 1. The molecule has 4 aliphatic heterocycles. The summed E-state index contributed by atoms with van der Waals surface area (Å²) in [6.45, 7) is 4.06. The molecule has 0 saturated carbocycles. The second-order valence-electron chi connectivity index (χ2n) is 16.6. The number of hydrogen-bond acceptors (Lipinski definition) is 9. The number of aryl methyl sites for hydroxylation is 1. The summed E-state index contributed by atoms with van der Waals surface area (Å²) in [5.74, 6) is -2.30. The Hall–Kier alpha value is -3.44. The van der Waals surface area contributed by atoms with Gasteiger partial charge in [-0.3, -0.25) is 19.4 Å². The fourth-order valence-electron chi connectivity index (χ4n) is 9.32. The number of morpholine rings is 1. The predicted octanol–water partition coefficient (Wildman–Crippen LogP) is 5.71. The van der Waals surface area contributed by atoms with E-state index < -0.39 is 69.1 Å². The second-order valence-corrected chi connectivity index (χ2v) is 19.1. The smallest absolute Gasteiger partial charge is 0.406 e. The van der Waals surface area contributed by atoms with Crippen molar-refractivity contribution < 1.29 is 45.0 Å². The van der Waals surface area contributed by atoms with E-state index in [2.05, 4.69) is 9.62 Å². The lowest BCUT2D eigenvalue weighted by atomic mass is 9.70. The number of amides is 2. The highest BCUT2D eigenvalue weighted by Crippen LogP contribution is 2.45. The number of nitrogens with zero attached hydrogens (tertiary/aromatic N) is 4. The molecule has 17 heteroatoms. The van der Waals surface area contributed by atoms with E-state index in [1.807, 2.05) is 23.1 Å². The number of ether oxygens (including phenoxy) is 2. The van der Waals surface area contributed by atoms with E-state index in [1.165, 1.54) is 29.8 Å². The molecule has 2 aromatic rings. The Kier molecular flexibility index (Phi) is 12.4. The minimum absolute atomic E-state index is 0.0409. The van der Waals surface area contributed by atoms with Crippen LogP contribution in [0.15, 0.2) is 48.3 Å².